The maximum absolute atomic E-state index is 12.8. The zero-order valence-corrected chi connectivity index (χ0v) is 20.8. The molecular formula is C22H20Cl2N4O4S2. The summed E-state index contributed by atoms with van der Waals surface area (Å²) >= 11 is 14.7. The smallest absolute Gasteiger partial charge is 0.253 e. The van der Waals surface area contributed by atoms with Crippen LogP contribution in [0.1, 0.15) is 5.56 Å². The molecule has 0 saturated carbocycles. The first-order valence-electron chi connectivity index (χ1n) is 10.2. The summed E-state index contributed by atoms with van der Waals surface area (Å²) in [4.78, 5) is 39.1. The lowest BCUT2D eigenvalue weighted by atomic mass is 10.0. The van der Waals surface area contributed by atoms with Gasteiger partial charge in [-0.3, -0.25) is 14.5 Å². The number of carbonyl (C=O) groups excluding carboxylic acids is 3. The summed E-state index contributed by atoms with van der Waals surface area (Å²) < 4.78 is 1.82. The Labute approximate surface area is 214 Å². The van der Waals surface area contributed by atoms with Gasteiger partial charge in [0, 0.05) is 39.9 Å². The first kappa shape index (κ1) is 24.9. The zero-order chi connectivity index (χ0) is 24.4. The van der Waals surface area contributed by atoms with Crippen LogP contribution in [-0.2, 0) is 27.5 Å². The Kier molecular flexibility index (Phi) is 7.73. The molecule has 2 aliphatic rings. The van der Waals surface area contributed by atoms with Gasteiger partial charge in [-0.15, -0.1) is 23.5 Å². The number of nitrogens with one attached hydrogen (secondary N) is 1. The molecule has 0 spiro atoms. The third-order valence-corrected chi connectivity index (χ3v) is 8.45. The highest BCUT2D eigenvalue weighted by molar-refractivity contribution is 8.00. The number of rotatable bonds is 8. The van der Waals surface area contributed by atoms with Crippen molar-refractivity contribution in [3.63, 3.8) is 0 Å². The van der Waals surface area contributed by atoms with Crippen LogP contribution in [0.4, 0.5) is 0 Å². The summed E-state index contributed by atoms with van der Waals surface area (Å²) in [7, 11) is 0. The first-order valence-corrected chi connectivity index (χ1v) is 13.0. The summed E-state index contributed by atoms with van der Waals surface area (Å²) in [6, 6.07) is 7.86. The molecule has 3 heterocycles. The van der Waals surface area contributed by atoms with Gasteiger partial charge < -0.3 is 21.0 Å². The average molecular weight is 539 g/mol. The van der Waals surface area contributed by atoms with Crippen molar-refractivity contribution in [1.29, 1.82) is 0 Å². The molecular weight excluding hydrogens is 519 g/mol. The lowest BCUT2D eigenvalue weighted by Crippen LogP contribution is -2.71. The SMILES string of the molecule is NCc1cc[n+](CC2=C(C(=O)[O-])N3C(=O)[C@@H](NC(=O)CSc4cc(Cl)ccc4Cl)[C@H]3SC2)cc1. The number of fused-ring (bicyclic) bond motifs is 1. The van der Waals surface area contributed by atoms with Crippen molar-refractivity contribution >= 4 is 64.5 Å². The molecule has 2 aromatic rings. The number of amides is 2. The third kappa shape index (κ3) is 5.21. The number of hydrogen-bond donors (Lipinski definition) is 2. The highest BCUT2D eigenvalue weighted by Crippen LogP contribution is 2.40. The number of carbonyl (C=O) groups is 3. The van der Waals surface area contributed by atoms with Gasteiger partial charge in [0.15, 0.2) is 18.9 Å². The van der Waals surface area contributed by atoms with Gasteiger partial charge in [-0.1, -0.05) is 23.2 Å². The van der Waals surface area contributed by atoms with Gasteiger partial charge in [-0.05, 0) is 23.8 Å². The molecule has 1 saturated heterocycles. The minimum Gasteiger partial charge on any atom is -0.543 e. The molecule has 12 heteroatoms. The molecule has 0 unspecified atom stereocenters. The maximum Gasteiger partial charge on any atom is 0.253 e. The number of thioether (sulfide) groups is 2. The van der Waals surface area contributed by atoms with E-state index in [4.69, 9.17) is 28.9 Å². The molecule has 4 rings (SSSR count). The standard InChI is InChI=1S/C22H20Cl2N4O4S2/c23-14-1-2-15(24)16(7-14)33-11-17(29)26-18-20(30)28-19(22(31)32)13(10-34-21(18)28)9-27-5-3-12(8-25)4-6-27/h1-7,18,21H,8-11,25H2,(H-,26,29,31,32)/t18-,21-/m1/s1. The summed E-state index contributed by atoms with van der Waals surface area (Å²) in [5.41, 5.74) is 7.01. The number of halogens is 2. The van der Waals surface area contributed by atoms with Gasteiger partial charge >= 0.3 is 0 Å². The molecule has 2 atom stereocenters. The number of pyridine rings is 1. The van der Waals surface area contributed by atoms with Crippen molar-refractivity contribution in [3.8, 4) is 0 Å². The number of carboxylic acids is 1. The van der Waals surface area contributed by atoms with Crippen LogP contribution in [0.3, 0.4) is 0 Å². The van der Waals surface area contributed by atoms with E-state index >= 15 is 0 Å². The molecule has 2 amide bonds. The molecule has 34 heavy (non-hydrogen) atoms. The first-order chi connectivity index (χ1) is 16.3. The second kappa shape index (κ2) is 10.6. The van der Waals surface area contributed by atoms with E-state index in [1.807, 2.05) is 29.1 Å². The number of nitrogens with two attached hydrogens (primary N) is 1. The number of hydrogen-bond acceptors (Lipinski definition) is 7. The van der Waals surface area contributed by atoms with Crippen molar-refractivity contribution in [2.24, 2.45) is 5.73 Å². The Morgan fingerprint density at radius 3 is 2.68 bits per heavy atom. The van der Waals surface area contributed by atoms with Crippen LogP contribution < -0.4 is 20.7 Å². The van der Waals surface area contributed by atoms with Crippen molar-refractivity contribution in [2.75, 3.05) is 11.5 Å². The molecule has 8 nitrogen and oxygen atoms in total. The van der Waals surface area contributed by atoms with Crippen LogP contribution in [0.5, 0.6) is 0 Å². The van der Waals surface area contributed by atoms with Crippen molar-refractivity contribution in [3.05, 3.63) is 69.6 Å². The van der Waals surface area contributed by atoms with Gasteiger partial charge in [0.05, 0.1) is 22.4 Å². The fourth-order valence-electron chi connectivity index (χ4n) is 3.69. The molecule has 0 radical (unpaired) electrons. The number of carboxylic acid groups (broad SMARTS) is 1. The van der Waals surface area contributed by atoms with Crippen LogP contribution in [-0.4, -0.2) is 45.6 Å². The Morgan fingerprint density at radius 2 is 2.00 bits per heavy atom. The van der Waals surface area contributed by atoms with Gasteiger partial charge in [0.2, 0.25) is 5.91 Å². The highest BCUT2D eigenvalue weighted by Gasteiger charge is 2.53. The van der Waals surface area contributed by atoms with E-state index in [0.29, 0.717) is 39.4 Å². The molecule has 178 valence electrons. The molecule has 0 bridgehead atoms. The average Bonchev–Trinajstić information content (AvgIpc) is 2.83. The Balaban J connectivity index is 1.42. The van der Waals surface area contributed by atoms with Crippen LogP contribution in [0.25, 0.3) is 0 Å². The van der Waals surface area contributed by atoms with E-state index in [1.54, 1.807) is 18.2 Å². The maximum atomic E-state index is 12.8. The van der Waals surface area contributed by atoms with E-state index in [0.717, 1.165) is 5.56 Å². The Bertz CT molecular complexity index is 1180. The zero-order valence-electron chi connectivity index (χ0n) is 17.7. The number of benzene rings is 1. The van der Waals surface area contributed by atoms with Gasteiger partial charge in [0.25, 0.3) is 5.91 Å². The predicted molar refractivity (Wildman–Crippen MR) is 129 cm³/mol. The van der Waals surface area contributed by atoms with E-state index in [-0.39, 0.29) is 17.4 Å². The molecule has 3 N–H and O–H groups in total. The molecule has 1 aromatic carbocycles. The van der Waals surface area contributed by atoms with E-state index in [1.165, 1.54) is 28.4 Å². The lowest BCUT2D eigenvalue weighted by molar-refractivity contribution is -0.689. The van der Waals surface area contributed by atoms with Crippen LogP contribution in [0.15, 0.2) is 58.9 Å². The summed E-state index contributed by atoms with van der Waals surface area (Å²) in [5, 5.41) is 15.1. The van der Waals surface area contributed by atoms with Crippen LogP contribution in [0.2, 0.25) is 10.0 Å². The van der Waals surface area contributed by atoms with E-state index in [9.17, 15) is 19.5 Å². The molecule has 1 aromatic heterocycles. The Morgan fingerprint density at radius 1 is 1.26 bits per heavy atom. The second-order valence-electron chi connectivity index (χ2n) is 7.64. The monoisotopic (exact) mass is 538 g/mol. The van der Waals surface area contributed by atoms with Crippen molar-refractivity contribution < 1.29 is 24.1 Å². The largest absolute Gasteiger partial charge is 0.543 e. The minimum atomic E-state index is -1.41. The molecule has 0 aliphatic carbocycles. The van der Waals surface area contributed by atoms with E-state index in [2.05, 4.69) is 5.32 Å². The quantitative estimate of drug-likeness (QED) is 0.291. The van der Waals surface area contributed by atoms with Crippen molar-refractivity contribution in [2.45, 2.75) is 29.4 Å². The topological polar surface area (TPSA) is 119 Å². The normalized spacial score (nSPS) is 19.5. The number of nitrogens with zero attached hydrogens (tertiary/aromatic N) is 2. The lowest BCUT2D eigenvalue weighted by Gasteiger charge is -2.50. The minimum absolute atomic E-state index is 0.0328. The number of aliphatic carboxylic acids is 1. The second-order valence-corrected chi connectivity index (χ2v) is 10.6. The predicted octanol–water partition coefficient (Wildman–Crippen LogP) is 0.936. The highest BCUT2D eigenvalue weighted by atomic mass is 35.5. The van der Waals surface area contributed by atoms with Crippen LogP contribution >= 0.6 is 46.7 Å². The fourth-order valence-corrected chi connectivity index (χ4v) is 6.33. The van der Waals surface area contributed by atoms with Crippen molar-refractivity contribution in [1.82, 2.24) is 10.2 Å². The number of β-lactam (4-membered cyclic amide) rings is 1. The molecule has 1 fully saturated rings. The Hall–Kier alpha value is -2.24. The van der Waals surface area contributed by atoms with E-state index < -0.39 is 23.3 Å². The third-order valence-electron chi connectivity index (χ3n) is 5.38. The number of aromatic nitrogens is 1. The summed E-state index contributed by atoms with van der Waals surface area (Å²) in [6.45, 7) is 0.705. The van der Waals surface area contributed by atoms with Crippen LogP contribution in [0, 0.1) is 0 Å². The summed E-state index contributed by atoms with van der Waals surface area (Å²) in [6.07, 6.45) is 3.62. The summed E-state index contributed by atoms with van der Waals surface area (Å²) in [5.74, 6) is -1.83. The molecule has 2 aliphatic heterocycles. The van der Waals surface area contributed by atoms with Gasteiger partial charge in [-0.25, -0.2) is 4.57 Å². The van der Waals surface area contributed by atoms with Gasteiger partial charge in [0.1, 0.15) is 11.4 Å². The van der Waals surface area contributed by atoms with Gasteiger partial charge in [-0.2, -0.15) is 0 Å². The fraction of sp³-hybridized carbons (Fsp3) is 0.273.